The van der Waals surface area contributed by atoms with Crippen molar-refractivity contribution < 1.29 is 14.7 Å². The van der Waals surface area contributed by atoms with Gasteiger partial charge in [-0.3, -0.25) is 4.79 Å². The number of carboxylic acids is 1. The maximum Gasteiger partial charge on any atom is 0.323 e. The van der Waals surface area contributed by atoms with Crippen molar-refractivity contribution >= 4 is 23.6 Å². The highest BCUT2D eigenvalue weighted by molar-refractivity contribution is 6.30. The Morgan fingerprint density at radius 3 is 2.38 bits per heavy atom. The summed E-state index contributed by atoms with van der Waals surface area (Å²) in [5.74, 6) is -1.03. The van der Waals surface area contributed by atoms with E-state index in [0.717, 1.165) is 5.56 Å². The van der Waals surface area contributed by atoms with E-state index in [2.05, 4.69) is 0 Å². The van der Waals surface area contributed by atoms with Gasteiger partial charge in [-0.1, -0.05) is 23.7 Å². The molecule has 116 valence electrons. The minimum Gasteiger partial charge on any atom is -0.480 e. The van der Waals surface area contributed by atoms with Gasteiger partial charge in [-0.05, 0) is 38.5 Å². The summed E-state index contributed by atoms with van der Waals surface area (Å²) in [6.07, 6.45) is 0. The average molecular weight is 313 g/mol. The molecule has 0 saturated carbocycles. The summed E-state index contributed by atoms with van der Waals surface area (Å²) in [5.41, 5.74) is 0.900. The summed E-state index contributed by atoms with van der Waals surface area (Å²) in [6, 6.07) is 6.56. The van der Waals surface area contributed by atoms with Crippen molar-refractivity contribution in [2.45, 2.75) is 32.9 Å². The van der Waals surface area contributed by atoms with Gasteiger partial charge in [-0.25, -0.2) is 4.79 Å². The summed E-state index contributed by atoms with van der Waals surface area (Å²) in [5, 5.41) is 9.53. The molecule has 21 heavy (non-hydrogen) atoms. The highest BCUT2D eigenvalue weighted by Gasteiger charge is 2.26. The molecule has 0 saturated heterocycles. The number of hydrogen-bond acceptors (Lipinski definition) is 2. The van der Waals surface area contributed by atoms with Crippen molar-refractivity contribution in [1.29, 1.82) is 0 Å². The first-order valence-corrected chi connectivity index (χ1v) is 7.12. The molecule has 5 nitrogen and oxygen atoms in total. The average Bonchev–Trinajstić information content (AvgIpc) is 2.42. The second-order valence-corrected chi connectivity index (χ2v) is 5.68. The summed E-state index contributed by atoms with van der Waals surface area (Å²) >= 11 is 5.96. The number of nitrogens with zero attached hydrogens (tertiary/aromatic N) is 2. The Morgan fingerprint density at radius 2 is 1.90 bits per heavy atom. The Kier molecular flexibility index (Phi) is 6.03. The number of carbonyl (C=O) groups is 2. The summed E-state index contributed by atoms with van der Waals surface area (Å²) in [7, 11) is 1.66. The molecule has 0 spiro atoms. The van der Waals surface area contributed by atoms with Gasteiger partial charge in [-0.2, -0.15) is 0 Å². The molecule has 0 heterocycles. The Morgan fingerprint density at radius 1 is 1.29 bits per heavy atom. The first-order valence-electron chi connectivity index (χ1n) is 6.74. The van der Waals surface area contributed by atoms with Crippen LogP contribution in [0.3, 0.4) is 0 Å². The molecule has 1 atom stereocenters. The number of aliphatic carboxylic acids is 1. The largest absolute Gasteiger partial charge is 0.480 e. The van der Waals surface area contributed by atoms with Crippen LogP contribution in [-0.2, 0) is 4.79 Å². The number of halogens is 1. The molecular weight excluding hydrogens is 292 g/mol. The van der Waals surface area contributed by atoms with Crippen molar-refractivity contribution in [2.75, 3.05) is 13.6 Å². The zero-order valence-electron chi connectivity index (χ0n) is 12.7. The molecule has 1 N–H and O–H groups in total. The number of urea groups is 1. The predicted octanol–water partition coefficient (Wildman–Crippen LogP) is 3.25. The van der Waals surface area contributed by atoms with E-state index in [9.17, 15) is 9.59 Å². The predicted molar refractivity (Wildman–Crippen MR) is 82.5 cm³/mol. The fraction of sp³-hybridized carbons (Fsp3) is 0.467. The molecule has 1 rings (SSSR count). The third-order valence-corrected chi connectivity index (χ3v) is 3.62. The van der Waals surface area contributed by atoms with Gasteiger partial charge >= 0.3 is 12.0 Å². The summed E-state index contributed by atoms with van der Waals surface area (Å²) < 4.78 is 0. The molecule has 1 unspecified atom stereocenters. The minimum absolute atomic E-state index is 0.192. The van der Waals surface area contributed by atoms with Gasteiger partial charge < -0.3 is 14.9 Å². The molecule has 1 aromatic carbocycles. The molecule has 0 aliphatic rings. The SMILES string of the molecule is CC(c1cccc(Cl)c1)N(C)C(=O)N(CC(=O)O)C(C)C. The van der Waals surface area contributed by atoms with Gasteiger partial charge in [0, 0.05) is 18.1 Å². The van der Waals surface area contributed by atoms with E-state index in [0.29, 0.717) is 5.02 Å². The monoisotopic (exact) mass is 312 g/mol. The van der Waals surface area contributed by atoms with Crippen molar-refractivity contribution in [3.63, 3.8) is 0 Å². The fourth-order valence-electron chi connectivity index (χ4n) is 1.98. The van der Waals surface area contributed by atoms with E-state index in [-0.39, 0.29) is 24.7 Å². The topological polar surface area (TPSA) is 60.9 Å². The third-order valence-electron chi connectivity index (χ3n) is 3.39. The van der Waals surface area contributed by atoms with Crippen molar-refractivity contribution in [2.24, 2.45) is 0 Å². The van der Waals surface area contributed by atoms with Gasteiger partial charge in [-0.15, -0.1) is 0 Å². The summed E-state index contributed by atoms with van der Waals surface area (Å²) in [4.78, 5) is 26.2. The highest BCUT2D eigenvalue weighted by atomic mass is 35.5. The van der Waals surface area contributed by atoms with E-state index >= 15 is 0 Å². The zero-order chi connectivity index (χ0) is 16.2. The molecule has 0 aromatic heterocycles. The van der Waals surface area contributed by atoms with Gasteiger partial charge in [0.15, 0.2) is 0 Å². The zero-order valence-corrected chi connectivity index (χ0v) is 13.5. The van der Waals surface area contributed by atoms with Crippen LogP contribution in [0, 0.1) is 0 Å². The van der Waals surface area contributed by atoms with E-state index in [1.807, 2.05) is 19.1 Å². The number of rotatable bonds is 5. The Bertz CT molecular complexity index is 519. The van der Waals surface area contributed by atoms with Gasteiger partial charge in [0.1, 0.15) is 6.54 Å². The number of amides is 2. The van der Waals surface area contributed by atoms with Crippen molar-refractivity contribution in [1.82, 2.24) is 9.80 Å². The van der Waals surface area contributed by atoms with E-state index in [1.165, 1.54) is 9.80 Å². The van der Waals surface area contributed by atoms with Gasteiger partial charge in [0.05, 0.1) is 6.04 Å². The normalized spacial score (nSPS) is 12.1. The van der Waals surface area contributed by atoms with Crippen LogP contribution in [0.25, 0.3) is 0 Å². The summed E-state index contributed by atoms with van der Waals surface area (Å²) in [6.45, 7) is 5.14. The van der Waals surface area contributed by atoms with E-state index in [4.69, 9.17) is 16.7 Å². The second-order valence-electron chi connectivity index (χ2n) is 5.24. The standard InChI is InChI=1S/C15H21ClN2O3/c1-10(2)18(9-14(19)20)15(21)17(4)11(3)12-6-5-7-13(16)8-12/h5-8,10-11H,9H2,1-4H3,(H,19,20). The first-order chi connectivity index (χ1) is 9.73. The first kappa shape index (κ1) is 17.3. The lowest BCUT2D eigenvalue weighted by molar-refractivity contribution is -0.138. The molecule has 0 aliphatic carbocycles. The molecule has 0 fully saturated rings. The smallest absolute Gasteiger partial charge is 0.323 e. The van der Waals surface area contributed by atoms with Crippen molar-refractivity contribution in [3.05, 3.63) is 34.9 Å². The van der Waals surface area contributed by atoms with Crippen LogP contribution in [0.4, 0.5) is 4.79 Å². The Labute approximate surface area is 130 Å². The van der Waals surface area contributed by atoms with Crippen LogP contribution >= 0.6 is 11.6 Å². The lowest BCUT2D eigenvalue weighted by atomic mass is 10.1. The van der Waals surface area contributed by atoms with Crippen LogP contribution in [-0.4, -0.2) is 46.5 Å². The van der Waals surface area contributed by atoms with Crippen LogP contribution in [0.15, 0.2) is 24.3 Å². The van der Waals surface area contributed by atoms with Gasteiger partial charge in [0.2, 0.25) is 0 Å². The third kappa shape index (κ3) is 4.63. The maximum absolute atomic E-state index is 12.5. The minimum atomic E-state index is -1.03. The molecule has 0 radical (unpaired) electrons. The lowest BCUT2D eigenvalue weighted by Crippen LogP contribution is -2.47. The van der Waals surface area contributed by atoms with Crippen LogP contribution in [0.1, 0.15) is 32.4 Å². The van der Waals surface area contributed by atoms with Crippen LogP contribution < -0.4 is 0 Å². The fourth-order valence-corrected chi connectivity index (χ4v) is 2.17. The molecule has 0 aliphatic heterocycles. The quantitative estimate of drug-likeness (QED) is 0.908. The maximum atomic E-state index is 12.5. The molecular formula is C15H21ClN2O3. The molecule has 6 heteroatoms. The lowest BCUT2D eigenvalue weighted by Gasteiger charge is -2.33. The Hall–Kier alpha value is -1.75. The van der Waals surface area contributed by atoms with Crippen molar-refractivity contribution in [3.8, 4) is 0 Å². The number of carboxylic acid groups (broad SMARTS) is 1. The second kappa shape index (κ2) is 7.31. The molecule has 1 aromatic rings. The van der Waals surface area contributed by atoms with Gasteiger partial charge in [0.25, 0.3) is 0 Å². The van der Waals surface area contributed by atoms with E-state index < -0.39 is 5.97 Å². The number of carbonyl (C=O) groups excluding carboxylic acids is 1. The van der Waals surface area contributed by atoms with Crippen LogP contribution in [0.2, 0.25) is 5.02 Å². The highest BCUT2D eigenvalue weighted by Crippen LogP contribution is 2.23. The number of hydrogen-bond donors (Lipinski definition) is 1. The Balaban J connectivity index is 2.91. The van der Waals surface area contributed by atoms with E-state index in [1.54, 1.807) is 33.0 Å². The molecule has 0 bridgehead atoms. The van der Waals surface area contributed by atoms with Crippen LogP contribution in [0.5, 0.6) is 0 Å². The molecule has 2 amide bonds. The number of benzene rings is 1.